The van der Waals surface area contributed by atoms with Crippen molar-refractivity contribution in [1.29, 1.82) is 0 Å². The summed E-state index contributed by atoms with van der Waals surface area (Å²) in [5, 5.41) is 5.54. The van der Waals surface area contributed by atoms with E-state index in [0.717, 1.165) is 17.3 Å². The zero-order chi connectivity index (χ0) is 12.3. The first-order valence-corrected chi connectivity index (χ1v) is 8.63. The van der Waals surface area contributed by atoms with Crippen LogP contribution in [-0.4, -0.2) is 7.05 Å². The highest BCUT2D eigenvalue weighted by molar-refractivity contribution is 9.13. The standard InChI is InChI=1S/C12H13Br2NS2/c1-15-10(5-4-8-3-2-6-16-8)11-7-9(13)12(14)17-11/h2-3,6-7,10,15H,4-5H2,1H3. The summed E-state index contributed by atoms with van der Waals surface area (Å²) >= 11 is 10.7. The lowest BCUT2D eigenvalue weighted by atomic mass is 10.1. The van der Waals surface area contributed by atoms with Crippen LogP contribution >= 0.6 is 54.5 Å². The fourth-order valence-corrected chi connectivity index (χ4v) is 4.66. The van der Waals surface area contributed by atoms with E-state index in [4.69, 9.17) is 0 Å². The lowest BCUT2D eigenvalue weighted by Gasteiger charge is -2.13. The zero-order valence-electron chi connectivity index (χ0n) is 9.37. The molecular weight excluding hydrogens is 382 g/mol. The SMILES string of the molecule is CNC(CCc1cccs1)c1cc(Br)c(Br)s1. The fraction of sp³-hybridized carbons (Fsp3) is 0.333. The molecule has 1 unspecified atom stereocenters. The maximum Gasteiger partial charge on any atom is 0.0843 e. The normalized spacial score (nSPS) is 12.9. The molecule has 2 heterocycles. The molecular formula is C12H13Br2NS2. The Morgan fingerprint density at radius 1 is 1.41 bits per heavy atom. The second kappa shape index (κ2) is 6.48. The molecule has 0 radical (unpaired) electrons. The first-order valence-electron chi connectivity index (χ1n) is 5.35. The summed E-state index contributed by atoms with van der Waals surface area (Å²) in [7, 11) is 2.03. The van der Waals surface area contributed by atoms with Crippen molar-refractivity contribution in [3.8, 4) is 0 Å². The van der Waals surface area contributed by atoms with Gasteiger partial charge in [0.25, 0.3) is 0 Å². The van der Waals surface area contributed by atoms with Gasteiger partial charge in [0.2, 0.25) is 0 Å². The summed E-state index contributed by atoms with van der Waals surface area (Å²) in [6, 6.07) is 6.96. The van der Waals surface area contributed by atoms with E-state index in [1.807, 2.05) is 18.4 Å². The third-order valence-corrected chi connectivity index (χ3v) is 6.92. The van der Waals surface area contributed by atoms with E-state index >= 15 is 0 Å². The minimum Gasteiger partial charge on any atom is -0.312 e. The van der Waals surface area contributed by atoms with E-state index in [9.17, 15) is 0 Å². The number of thiophene rings is 2. The van der Waals surface area contributed by atoms with Gasteiger partial charge in [-0.3, -0.25) is 0 Å². The molecule has 2 aromatic heterocycles. The average Bonchev–Trinajstić information content (AvgIpc) is 2.91. The van der Waals surface area contributed by atoms with Gasteiger partial charge < -0.3 is 5.32 Å². The number of aryl methyl sites for hydroxylation is 1. The van der Waals surface area contributed by atoms with Crippen LogP contribution in [0.4, 0.5) is 0 Å². The molecule has 92 valence electrons. The molecule has 0 aliphatic carbocycles. The van der Waals surface area contributed by atoms with Gasteiger partial charge >= 0.3 is 0 Å². The summed E-state index contributed by atoms with van der Waals surface area (Å²) in [6.45, 7) is 0. The molecule has 0 bridgehead atoms. The van der Waals surface area contributed by atoms with Gasteiger partial charge in [-0.15, -0.1) is 22.7 Å². The third kappa shape index (κ3) is 3.64. The van der Waals surface area contributed by atoms with Gasteiger partial charge in [-0.1, -0.05) is 6.07 Å². The van der Waals surface area contributed by atoms with E-state index in [2.05, 4.69) is 60.8 Å². The van der Waals surface area contributed by atoms with Crippen LogP contribution in [0.2, 0.25) is 0 Å². The molecule has 2 aromatic rings. The first kappa shape index (κ1) is 13.7. The quantitative estimate of drug-likeness (QED) is 0.732. The van der Waals surface area contributed by atoms with Crippen molar-refractivity contribution >= 4 is 54.5 Å². The van der Waals surface area contributed by atoms with Gasteiger partial charge in [0.15, 0.2) is 0 Å². The summed E-state index contributed by atoms with van der Waals surface area (Å²) in [5.41, 5.74) is 0. The van der Waals surface area contributed by atoms with E-state index in [0.29, 0.717) is 6.04 Å². The molecule has 0 saturated carbocycles. The highest BCUT2D eigenvalue weighted by Gasteiger charge is 2.14. The van der Waals surface area contributed by atoms with Crippen molar-refractivity contribution in [3.05, 3.63) is 41.6 Å². The fourth-order valence-electron chi connectivity index (χ4n) is 1.71. The van der Waals surface area contributed by atoms with E-state index in [1.165, 1.54) is 13.5 Å². The highest BCUT2D eigenvalue weighted by Crippen LogP contribution is 2.36. The second-order valence-corrected chi connectivity index (χ2v) is 8.02. The molecule has 5 heteroatoms. The monoisotopic (exact) mass is 393 g/mol. The van der Waals surface area contributed by atoms with Gasteiger partial charge in [0.05, 0.1) is 3.79 Å². The Bertz CT molecular complexity index is 445. The molecule has 0 aliphatic heterocycles. The van der Waals surface area contributed by atoms with Crippen LogP contribution in [0.5, 0.6) is 0 Å². The predicted octanol–water partition coefficient (Wildman–Crippen LogP) is 5.23. The van der Waals surface area contributed by atoms with Gasteiger partial charge in [-0.2, -0.15) is 0 Å². The van der Waals surface area contributed by atoms with Crippen LogP contribution in [0.3, 0.4) is 0 Å². The number of rotatable bonds is 5. The molecule has 0 amide bonds. The van der Waals surface area contributed by atoms with Crippen LogP contribution in [-0.2, 0) is 6.42 Å². The van der Waals surface area contributed by atoms with Crippen molar-refractivity contribution in [2.75, 3.05) is 7.05 Å². The molecule has 0 aromatic carbocycles. The number of halogens is 2. The third-order valence-electron chi connectivity index (χ3n) is 2.62. The smallest absolute Gasteiger partial charge is 0.0843 e. The molecule has 0 spiro atoms. The van der Waals surface area contributed by atoms with Crippen molar-refractivity contribution < 1.29 is 0 Å². The van der Waals surface area contributed by atoms with E-state index < -0.39 is 0 Å². The lowest BCUT2D eigenvalue weighted by Crippen LogP contribution is -2.15. The molecule has 1 atom stereocenters. The van der Waals surface area contributed by atoms with Gasteiger partial charge in [-0.05, 0) is 69.3 Å². The maximum absolute atomic E-state index is 3.55. The van der Waals surface area contributed by atoms with Crippen LogP contribution in [0, 0.1) is 0 Å². The Morgan fingerprint density at radius 2 is 2.24 bits per heavy atom. The Morgan fingerprint density at radius 3 is 2.76 bits per heavy atom. The van der Waals surface area contributed by atoms with Crippen LogP contribution < -0.4 is 5.32 Å². The summed E-state index contributed by atoms with van der Waals surface area (Å²) in [5.74, 6) is 0. The topological polar surface area (TPSA) is 12.0 Å². The maximum atomic E-state index is 3.55. The molecule has 1 nitrogen and oxygen atoms in total. The van der Waals surface area contributed by atoms with E-state index in [1.54, 1.807) is 11.3 Å². The van der Waals surface area contributed by atoms with Gasteiger partial charge in [0.1, 0.15) is 0 Å². The molecule has 1 N–H and O–H groups in total. The Labute approximate surface area is 127 Å². The molecule has 0 fully saturated rings. The molecule has 2 rings (SSSR count). The summed E-state index contributed by atoms with van der Waals surface area (Å²) < 4.78 is 2.32. The minimum atomic E-state index is 0.435. The Hall–Kier alpha value is 0.320. The highest BCUT2D eigenvalue weighted by atomic mass is 79.9. The van der Waals surface area contributed by atoms with Crippen molar-refractivity contribution in [1.82, 2.24) is 5.32 Å². The summed E-state index contributed by atoms with van der Waals surface area (Å²) in [4.78, 5) is 2.84. The average molecular weight is 395 g/mol. The molecule has 0 saturated heterocycles. The van der Waals surface area contributed by atoms with E-state index in [-0.39, 0.29) is 0 Å². The molecule has 17 heavy (non-hydrogen) atoms. The van der Waals surface area contributed by atoms with Gasteiger partial charge in [-0.25, -0.2) is 0 Å². The van der Waals surface area contributed by atoms with Crippen LogP contribution in [0.1, 0.15) is 22.2 Å². The number of nitrogens with one attached hydrogen (secondary N) is 1. The first-order chi connectivity index (χ1) is 8.20. The summed E-state index contributed by atoms with van der Waals surface area (Å²) in [6.07, 6.45) is 2.27. The van der Waals surface area contributed by atoms with Crippen molar-refractivity contribution in [3.63, 3.8) is 0 Å². The lowest BCUT2D eigenvalue weighted by molar-refractivity contribution is 0.560. The number of hydrogen-bond donors (Lipinski definition) is 1. The largest absolute Gasteiger partial charge is 0.312 e. The van der Waals surface area contributed by atoms with Crippen LogP contribution in [0.25, 0.3) is 0 Å². The second-order valence-electron chi connectivity index (χ2n) is 3.73. The predicted molar refractivity (Wildman–Crippen MR) is 84.2 cm³/mol. The Kier molecular flexibility index (Phi) is 5.24. The number of hydrogen-bond acceptors (Lipinski definition) is 3. The minimum absolute atomic E-state index is 0.435. The van der Waals surface area contributed by atoms with Crippen molar-refractivity contribution in [2.24, 2.45) is 0 Å². The van der Waals surface area contributed by atoms with Crippen LogP contribution in [0.15, 0.2) is 31.8 Å². The molecule has 0 aliphatic rings. The van der Waals surface area contributed by atoms with Gasteiger partial charge in [0, 0.05) is 20.3 Å². The Balaban J connectivity index is 2.01. The zero-order valence-corrected chi connectivity index (χ0v) is 14.2. The van der Waals surface area contributed by atoms with Crippen molar-refractivity contribution in [2.45, 2.75) is 18.9 Å².